The fraction of sp³-hybridized carbons (Fsp3) is 0.333. The zero-order valence-electron chi connectivity index (χ0n) is 14.0. The summed E-state index contributed by atoms with van der Waals surface area (Å²) in [5, 5.41) is 7.61. The van der Waals surface area contributed by atoms with Gasteiger partial charge in [-0.3, -0.25) is 9.89 Å². The molecule has 1 atom stereocenters. The molecule has 3 heterocycles. The Balaban J connectivity index is 1.71. The van der Waals surface area contributed by atoms with Gasteiger partial charge in [0, 0.05) is 43.3 Å². The minimum Gasteiger partial charge on any atom is -0.324 e. The number of hydrogen-bond donors (Lipinski definition) is 2. The van der Waals surface area contributed by atoms with Crippen molar-refractivity contribution in [2.75, 3.05) is 25.0 Å². The van der Waals surface area contributed by atoms with Gasteiger partial charge in [-0.2, -0.15) is 5.10 Å². The molecule has 128 valence electrons. The molecule has 25 heavy (non-hydrogen) atoms. The molecule has 0 saturated carbocycles. The van der Waals surface area contributed by atoms with Crippen molar-refractivity contribution >= 4 is 24.6 Å². The van der Waals surface area contributed by atoms with Gasteiger partial charge in [-0.1, -0.05) is 6.07 Å². The smallest absolute Gasteiger partial charge is 0.227 e. The van der Waals surface area contributed by atoms with Crippen molar-refractivity contribution in [1.82, 2.24) is 20.3 Å². The number of nitrogens with one attached hydrogen (secondary N) is 2. The number of anilines is 2. The highest BCUT2D eigenvalue weighted by atomic mass is 15.4. The number of aromatic nitrogens is 2. The number of hydrazone groups is 1. The lowest BCUT2D eigenvalue weighted by atomic mass is 9.87. The molecule has 0 radical (unpaired) electrons. The van der Waals surface area contributed by atoms with Crippen LogP contribution in [0.4, 0.5) is 11.6 Å². The summed E-state index contributed by atoms with van der Waals surface area (Å²) in [5.41, 5.74) is 5.84. The number of nitrogens with zero attached hydrogens (tertiary/aromatic N) is 5. The van der Waals surface area contributed by atoms with Crippen molar-refractivity contribution in [2.24, 2.45) is 10.1 Å². The molecule has 0 unspecified atom stereocenters. The van der Waals surface area contributed by atoms with Gasteiger partial charge in [0.2, 0.25) is 5.95 Å². The highest BCUT2D eigenvalue weighted by molar-refractivity contribution is 5.76. The van der Waals surface area contributed by atoms with E-state index in [2.05, 4.69) is 54.6 Å². The van der Waals surface area contributed by atoms with Crippen molar-refractivity contribution in [3.05, 3.63) is 47.8 Å². The average molecular weight is 335 g/mol. The van der Waals surface area contributed by atoms with E-state index in [0.717, 1.165) is 43.7 Å². The third kappa shape index (κ3) is 2.87. The molecule has 1 aromatic carbocycles. The number of aliphatic imine (C=N–C) groups is 1. The summed E-state index contributed by atoms with van der Waals surface area (Å²) in [7, 11) is 0. The van der Waals surface area contributed by atoms with Crippen LogP contribution in [-0.2, 0) is 12.1 Å². The molecule has 2 aliphatic rings. The summed E-state index contributed by atoms with van der Waals surface area (Å²) >= 11 is 0. The van der Waals surface area contributed by atoms with E-state index in [1.54, 1.807) is 18.5 Å². The highest BCUT2D eigenvalue weighted by Gasteiger charge is 2.41. The third-order valence-corrected chi connectivity index (χ3v) is 4.75. The van der Waals surface area contributed by atoms with Crippen LogP contribution in [0.1, 0.15) is 17.5 Å². The Kier molecular flexibility index (Phi) is 4.15. The predicted molar refractivity (Wildman–Crippen MR) is 99.4 cm³/mol. The first-order chi connectivity index (χ1) is 12.3. The average Bonchev–Trinajstić information content (AvgIpc) is 2.63. The van der Waals surface area contributed by atoms with Crippen molar-refractivity contribution in [3.63, 3.8) is 0 Å². The second kappa shape index (κ2) is 6.60. The molecular weight excluding hydrogens is 314 g/mol. The SMILES string of the molecule is C=N[C@@]12C=NNCCCN1CCc1cc(Nc3ncccn3)ccc12. The van der Waals surface area contributed by atoms with Gasteiger partial charge in [-0.15, -0.1) is 0 Å². The minimum absolute atomic E-state index is 0.591. The minimum atomic E-state index is -0.594. The molecule has 0 spiro atoms. The number of benzene rings is 1. The van der Waals surface area contributed by atoms with E-state index in [4.69, 9.17) is 0 Å². The molecule has 7 nitrogen and oxygen atoms in total. The quantitative estimate of drug-likeness (QED) is 0.838. The third-order valence-electron chi connectivity index (χ3n) is 4.75. The summed E-state index contributed by atoms with van der Waals surface area (Å²) in [6.07, 6.45) is 7.33. The first-order valence-corrected chi connectivity index (χ1v) is 8.49. The van der Waals surface area contributed by atoms with E-state index >= 15 is 0 Å². The topological polar surface area (TPSA) is 77.8 Å². The zero-order chi connectivity index (χ0) is 17.1. The van der Waals surface area contributed by atoms with Crippen molar-refractivity contribution in [2.45, 2.75) is 18.5 Å². The summed E-state index contributed by atoms with van der Waals surface area (Å²) in [6.45, 7) is 6.66. The number of hydrogen-bond acceptors (Lipinski definition) is 7. The molecule has 0 bridgehead atoms. The van der Waals surface area contributed by atoms with Gasteiger partial charge in [0.1, 0.15) is 0 Å². The van der Waals surface area contributed by atoms with Gasteiger partial charge in [-0.25, -0.2) is 9.97 Å². The van der Waals surface area contributed by atoms with E-state index < -0.39 is 5.66 Å². The number of rotatable bonds is 3. The Hall–Kier alpha value is -2.80. The van der Waals surface area contributed by atoms with E-state index in [1.807, 2.05) is 12.3 Å². The van der Waals surface area contributed by atoms with E-state index in [9.17, 15) is 0 Å². The molecule has 2 aliphatic heterocycles. The fourth-order valence-electron chi connectivity index (χ4n) is 3.53. The fourth-order valence-corrected chi connectivity index (χ4v) is 3.53. The molecule has 0 fully saturated rings. The van der Waals surface area contributed by atoms with Crippen LogP contribution in [0.3, 0.4) is 0 Å². The molecule has 2 N–H and O–H groups in total. The molecule has 1 aromatic heterocycles. The first-order valence-electron chi connectivity index (χ1n) is 8.49. The Morgan fingerprint density at radius 1 is 1.24 bits per heavy atom. The molecule has 2 aromatic rings. The summed E-state index contributed by atoms with van der Waals surface area (Å²) in [6, 6.07) is 8.09. The van der Waals surface area contributed by atoms with Crippen molar-refractivity contribution < 1.29 is 0 Å². The largest absolute Gasteiger partial charge is 0.324 e. The van der Waals surface area contributed by atoms with Crippen LogP contribution in [0.15, 0.2) is 46.8 Å². The second-order valence-corrected chi connectivity index (χ2v) is 6.21. The lowest BCUT2D eigenvalue weighted by Gasteiger charge is -2.43. The Morgan fingerprint density at radius 3 is 2.96 bits per heavy atom. The van der Waals surface area contributed by atoms with Crippen LogP contribution in [-0.4, -0.2) is 47.4 Å². The van der Waals surface area contributed by atoms with Crippen molar-refractivity contribution in [3.8, 4) is 0 Å². The van der Waals surface area contributed by atoms with Gasteiger partial charge < -0.3 is 10.7 Å². The maximum absolute atomic E-state index is 4.50. The van der Waals surface area contributed by atoms with Gasteiger partial charge in [0.05, 0.1) is 6.21 Å². The van der Waals surface area contributed by atoms with E-state index in [0.29, 0.717) is 5.95 Å². The Labute approximate surface area is 146 Å². The normalized spacial score (nSPS) is 22.7. The summed E-state index contributed by atoms with van der Waals surface area (Å²) < 4.78 is 0. The molecular formula is C18H21N7. The molecule has 0 saturated heterocycles. The van der Waals surface area contributed by atoms with Gasteiger partial charge in [0.15, 0.2) is 5.66 Å². The zero-order valence-corrected chi connectivity index (χ0v) is 14.0. The van der Waals surface area contributed by atoms with Crippen LogP contribution in [0.2, 0.25) is 0 Å². The molecule has 7 heteroatoms. The van der Waals surface area contributed by atoms with E-state index in [-0.39, 0.29) is 0 Å². The lowest BCUT2D eigenvalue weighted by molar-refractivity contribution is 0.141. The number of fused-ring (bicyclic) bond motifs is 3. The van der Waals surface area contributed by atoms with Gasteiger partial charge >= 0.3 is 0 Å². The van der Waals surface area contributed by atoms with Crippen LogP contribution in [0, 0.1) is 0 Å². The predicted octanol–water partition coefficient (Wildman–Crippen LogP) is 1.91. The molecule has 0 amide bonds. The van der Waals surface area contributed by atoms with Crippen LogP contribution < -0.4 is 10.7 Å². The van der Waals surface area contributed by atoms with E-state index in [1.165, 1.54) is 5.56 Å². The molecule has 0 aliphatic carbocycles. The maximum Gasteiger partial charge on any atom is 0.227 e. The monoisotopic (exact) mass is 335 g/mol. The maximum atomic E-state index is 4.50. The Morgan fingerprint density at radius 2 is 2.12 bits per heavy atom. The Bertz CT molecular complexity index is 789. The van der Waals surface area contributed by atoms with Crippen molar-refractivity contribution in [1.29, 1.82) is 0 Å². The van der Waals surface area contributed by atoms with Crippen LogP contribution in [0.25, 0.3) is 0 Å². The van der Waals surface area contributed by atoms with Crippen LogP contribution >= 0.6 is 0 Å². The van der Waals surface area contributed by atoms with Gasteiger partial charge in [0.25, 0.3) is 0 Å². The second-order valence-electron chi connectivity index (χ2n) is 6.21. The lowest BCUT2D eigenvalue weighted by Crippen LogP contribution is -2.52. The van der Waals surface area contributed by atoms with Gasteiger partial charge in [-0.05, 0) is 43.3 Å². The summed E-state index contributed by atoms with van der Waals surface area (Å²) in [5.74, 6) is 0.591. The standard InChI is InChI=1S/C18H21N7/c1-19-18-13-23-22-9-3-10-25(18)11-6-14-12-15(4-5-16(14)18)24-17-20-7-2-8-21-17/h2,4-5,7-8,12-13,22H,1,3,6,9-11H2,(H,20,21,24)/t18-/m0/s1. The molecule has 4 rings (SSSR count). The highest BCUT2D eigenvalue weighted by Crippen LogP contribution is 2.37. The first kappa shape index (κ1) is 15.7. The summed E-state index contributed by atoms with van der Waals surface area (Å²) in [4.78, 5) is 15.3. The van der Waals surface area contributed by atoms with Crippen LogP contribution in [0.5, 0.6) is 0 Å².